The Morgan fingerprint density at radius 3 is 0.972 bits per heavy atom. The molecule has 18 nitrogen and oxygen atoms in total. The first-order chi connectivity index (χ1) is 33.5. The Hall–Kier alpha value is -0.720. The van der Waals surface area contributed by atoms with Gasteiger partial charge in [-0.2, -0.15) is 0 Å². The van der Waals surface area contributed by atoms with Crippen molar-refractivity contribution in [3.63, 3.8) is 0 Å². The van der Waals surface area contributed by atoms with Gasteiger partial charge in [-0.1, -0.05) is 41.5 Å². The van der Waals surface area contributed by atoms with Gasteiger partial charge in [0.2, 0.25) is 0 Å². The quantitative estimate of drug-likeness (QED) is 0.0377. The molecule has 0 spiro atoms. The van der Waals surface area contributed by atoms with Crippen LogP contribution >= 0.6 is 0 Å². The summed E-state index contributed by atoms with van der Waals surface area (Å²) in [6.45, 7) is 52.5. The molecule has 0 radical (unpaired) electrons. The molecule has 0 aromatic carbocycles. The first-order valence-corrected chi connectivity index (χ1v) is 27.2. The van der Waals surface area contributed by atoms with Gasteiger partial charge in [0.15, 0.2) is 0 Å². The number of aliphatic hydroxyl groups excluding tert-OH is 6. The van der Waals surface area contributed by atoms with E-state index in [2.05, 4.69) is 170 Å². The molecule has 18 heteroatoms. The lowest BCUT2D eigenvalue weighted by atomic mass is 9.96. The van der Waals surface area contributed by atoms with Gasteiger partial charge in [0, 0.05) is 71.5 Å². The summed E-state index contributed by atoms with van der Waals surface area (Å²) in [7, 11) is 0. The summed E-state index contributed by atoms with van der Waals surface area (Å²) in [4.78, 5) is 0. The van der Waals surface area contributed by atoms with Gasteiger partial charge in [0.05, 0.1) is 119 Å². The predicted octanol–water partition coefficient (Wildman–Crippen LogP) is 4.64. The summed E-state index contributed by atoms with van der Waals surface area (Å²) in [5.74, 6) is 0. The third-order valence-electron chi connectivity index (χ3n) is 10.3. The van der Waals surface area contributed by atoms with Gasteiger partial charge >= 0.3 is 0 Å². The summed E-state index contributed by atoms with van der Waals surface area (Å²) in [6.07, 6.45) is 4.46. The van der Waals surface area contributed by atoms with Crippen molar-refractivity contribution in [2.45, 2.75) is 216 Å². The molecule has 0 aliphatic heterocycles. The first-order valence-electron chi connectivity index (χ1n) is 27.2. The Kier molecular flexibility index (Phi) is 63.2. The molecule has 0 heterocycles. The van der Waals surface area contributed by atoms with Crippen molar-refractivity contribution >= 4 is 0 Å². The second-order valence-electron chi connectivity index (χ2n) is 21.7. The van der Waals surface area contributed by atoms with E-state index in [1.165, 1.54) is 0 Å². The molecule has 0 amide bonds. The highest BCUT2D eigenvalue weighted by atomic mass is 16.5. The molecule has 12 N–H and O–H groups in total. The zero-order valence-electron chi connectivity index (χ0n) is 50.6. The third kappa shape index (κ3) is 78.2. The van der Waals surface area contributed by atoms with Crippen LogP contribution in [0.15, 0.2) is 0 Å². The summed E-state index contributed by atoms with van der Waals surface area (Å²) >= 11 is 0. The lowest BCUT2D eigenvalue weighted by Crippen LogP contribution is -2.46. The van der Waals surface area contributed by atoms with Crippen molar-refractivity contribution in [3.05, 3.63) is 0 Å². The maximum absolute atomic E-state index is 8.51. The molecule has 444 valence electrons. The molecule has 0 aromatic rings. The Morgan fingerprint density at radius 1 is 0.347 bits per heavy atom. The fourth-order valence-electron chi connectivity index (χ4n) is 5.69. The van der Waals surface area contributed by atoms with Crippen molar-refractivity contribution < 1.29 is 59.1 Å². The van der Waals surface area contributed by atoms with Gasteiger partial charge in [-0.3, -0.25) is 0 Å². The summed E-state index contributed by atoms with van der Waals surface area (Å²) in [5, 5.41) is 70.9. The van der Waals surface area contributed by atoms with Crippen LogP contribution in [-0.2, 0) is 28.4 Å². The molecule has 3 unspecified atom stereocenters. The molecule has 3 atom stereocenters. The van der Waals surface area contributed by atoms with Crippen molar-refractivity contribution in [3.8, 4) is 0 Å². The number of ether oxygens (including phenoxy) is 6. The van der Waals surface area contributed by atoms with Crippen molar-refractivity contribution in [2.75, 3.05) is 139 Å². The summed E-state index contributed by atoms with van der Waals surface area (Å²) in [5.41, 5.74) is 0.887. The number of rotatable bonds is 38. The molecule has 0 aliphatic rings. The van der Waals surface area contributed by atoms with Gasteiger partial charge in [0.1, 0.15) is 0 Å². The maximum Gasteiger partial charge on any atom is 0.0698 e. The van der Waals surface area contributed by atoms with Crippen molar-refractivity contribution in [1.29, 1.82) is 0 Å². The second kappa shape index (κ2) is 55.0. The van der Waals surface area contributed by atoms with Crippen LogP contribution in [0.3, 0.4) is 0 Å². The monoisotopic (exact) mass is 1050 g/mol. The molecule has 0 saturated heterocycles. The van der Waals surface area contributed by atoms with Crippen LogP contribution in [0.2, 0.25) is 0 Å². The Labute approximate surface area is 444 Å². The SMILES string of the molecule is CC(C)(C)NCCOCCO.CC(C)NC(C)COCCO.CC(COCCO)NC(C)(C)C.CCC(C)(C)NC(C)COCCO.CCC(C)(C)NCCOCCO.CCC(C)(CC)NCCOCCO. The van der Waals surface area contributed by atoms with Crippen LogP contribution in [0.25, 0.3) is 0 Å². The van der Waals surface area contributed by atoms with E-state index < -0.39 is 0 Å². The largest absolute Gasteiger partial charge is 0.394 e. The van der Waals surface area contributed by atoms with Crippen LogP contribution in [0.1, 0.15) is 164 Å². The van der Waals surface area contributed by atoms with E-state index in [1.54, 1.807) is 0 Å². The molecular weight excluding hydrogens is 925 g/mol. The van der Waals surface area contributed by atoms with Crippen molar-refractivity contribution in [1.82, 2.24) is 31.9 Å². The molecule has 0 fully saturated rings. The molecule has 0 aromatic heterocycles. The van der Waals surface area contributed by atoms with Gasteiger partial charge < -0.3 is 91.0 Å². The highest BCUT2D eigenvalue weighted by Crippen LogP contribution is 2.12. The number of aliphatic hydroxyl groups is 6. The lowest BCUT2D eigenvalue weighted by Gasteiger charge is -2.28. The number of hydrogen-bond acceptors (Lipinski definition) is 18. The molecular formula is C54H126N6O12. The fourth-order valence-corrected chi connectivity index (χ4v) is 5.69. The smallest absolute Gasteiger partial charge is 0.0698 e. The lowest BCUT2D eigenvalue weighted by molar-refractivity contribution is 0.0738. The minimum atomic E-state index is 0.0994. The highest BCUT2D eigenvalue weighted by Gasteiger charge is 2.18. The number of hydrogen-bond donors (Lipinski definition) is 12. The van der Waals surface area contributed by atoms with E-state index >= 15 is 0 Å². The zero-order valence-corrected chi connectivity index (χ0v) is 50.6. The fraction of sp³-hybridized carbons (Fsp3) is 1.00. The van der Waals surface area contributed by atoms with Crippen LogP contribution < -0.4 is 31.9 Å². The predicted molar refractivity (Wildman–Crippen MR) is 302 cm³/mol. The molecule has 0 rings (SSSR count). The summed E-state index contributed by atoms with van der Waals surface area (Å²) in [6, 6.07) is 1.52. The Morgan fingerprint density at radius 2 is 0.667 bits per heavy atom. The molecule has 0 saturated carbocycles. The van der Waals surface area contributed by atoms with E-state index in [4.69, 9.17) is 59.1 Å². The van der Waals surface area contributed by atoms with Crippen molar-refractivity contribution in [2.24, 2.45) is 0 Å². The minimum absolute atomic E-state index is 0.0994. The topological polar surface area (TPSA) is 249 Å². The van der Waals surface area contributed by atoms with Crippen LogP contribution in [-0.4, -0.2) is 221 Å². The maximum atomic E-state index is 8.51. The van der Waals surface area contributed by atoms with Gasteiger partial charge in [0.25, 0.3) is 0 Å². The molecule has 0 aliphatic carbocycles. The summed E-state index contributed by atoms with van der Waals surface area (Å²) < 4.78 is 30.9. The van der Waals surface area contributed by atoms with Gasteiger partial charge in [-0.05, 0) is 123 Å². The number of nitrogens with one attached hydrogen (secondary N) is 6. The van der Waals surface area contributed by atoms with E-state index in [9.17, 15) is 0 Å². The minimum Gasteiger partial charge on any atom is -0.394 e. The standard InChI is InChI=1S/2C10H23NO2.2C9H21NO2.2C8H19NO2/c1-5-10(3,4)11-9(2)8-13-7-6-12;1-4-10(3,5-2)11-6-8-13-9-7-12;1-8(7-12-6-5-11)10-9(2,3)4;1-4-9(2,3)10-5-7-12-8-6-11;1-8(2,3)9-4-6-11-7-5-10;1-7(2)9-8(3)6-11-5-4-10/h9,11-12H,5-8H2,1-4H3;11-12H,4-9H2,1-3H3;8,10-11H,5-7H2,1-4H3;10-11H,4-8H2,1-3H3;9-10H,4-7H2,1-3H3;7-10H,4-6H2,1-3H3. The second-order valence-corrected chi connectivity index (χ2v) is 21.7. The Balaban J connectivity index is -0.000000182. The van der Waals surface area contributed by atoms with Gasteiger partial charge in [-0.15, -0.1) is 0 Å². The average molecular weight is 1050 g/mol. The van der Waals surface area contributed by atoms with Crippen LogP contribution in [0.4, 0.5) is 0 Å². The molecule has 0 bridgehead atoms. The molecule has 72 heavy (non-hydrogen) atoms. The zero-order chi connectivity index (χ0) is 57.0. The third-order valence-corrected chi connectivity index (χ3v) is 10.3. The average Bonchev–Trinajstić information content (AvgIpc) is 3.29. The normalized spacial score (nSPS) is 13.2. The Bertz CT molecular complexity index is 1040. The van der Waals surface area contributed by atoms with Gasteiger partial charge in [-0.25, -0.2) is 0 Å². The van der Waals surface area contributed by atoms with E-state index in [1.807, 2.05) is 0 Å². The van der Waals surface area contributed by atoms with Crippen LogP contribution in [0, 0.1) is 0 Å². The van der Waals surface area contributed by atoms with Crippen LogP contribution in [0.5, 0.6) is 0 Å². The van der Waals surface area contributed by atoms with E-state index in [0.29, 0.717) is 103 Å². The first kappa shape index (κ1) is 82.6. The van der Waals surface area contributed by atoms with E-state index in [-0.39, 0.29) is 67.3 Å². The highest BCUT2D eigenvalue weighted by molar-refractivity contribution is 4.80. The van der Waals surface area contributed by atoms with E-state index in [0.717, 1.165) is 45.3 Å².